The molecule has 2 aliphatic heterocycles. The quantitative estimate of drug-likeness (QED) is 0.847. The lowest BCUT2D eigenvalue weighted by molar-refractivity contribution is 0.157. The summed E-state index contributed by atoms with van der Waals surface area (Å²) in [7, 11) is -2.96. The van der Waals surface area contributed by atoms with E-state index in [1.807, 2.05) is 12.4 Å². The van der Waals surface area contributed by atoms with Crippen molar-refractivity contribution < 1.29 is 8.42 Å². The first-order valence-corrected chi connectivity index (χ1v) is 9.28. The number of rotatable bonds is 3. The summed E-state index contributed by atoms with van der Waals surface area (Å²) in [5, 5.41) is 0. The van der Waals surface area contributed by atoms with Crippen LogP contribution >= 0.6 is 0 Å². The predicted octanol–water partition coefficient (Wildman–Crippen LogP) is 1.39. The molecule has 1 aromatic heterocycles. The van der Waals surface area contributed by atoms with Gasteiger partial charge in [0.15, 0.2) is 0 Å². The van der Waals surface area contributed by atoms with Gasteiger partial charge in [0.25, 0.3) is 0 Å². The van der Waals surface area contributed by atoms with Crippen molar-refractivity contribution in [1.82, 2.24) is 14.2 Å². The highest BCUT2D eigenvalue weighted by Crippen LogP contribution is 2.25. The van der Waals surface area contributed by atoms with Crippen LogP contribution in [-0.2, 0) is 16.6 Å². The molecule has 1 aromatic rings. The summed E-state index contributed by atoms with van der Waals surface area (Å²) in [4.78, 5) is 6.63. The minimum atomic E-state index is -2.96. The lowest BCUT2D eigenvalue weighted by atomic mass is 10.0. The molecule has 3 rings (SSSR count). The maximum Gasteiger partial charge on any atom is 0.214 e. The van der Waals surface area contributed by atoms with E-state index >= 15 is 0 Å². The van der Waals surface area contributed by atoms with Crippen LogP contribution in [0.4, 0.5) is 0 Å². The Hall–Kier alpha value is -0.980. The van der Waals surface area contributed by atoms with Crippen molar-refractivity contribution >= 4 is 10.0 Å². The minimum absolute atomic E-state index is 0.212. The van der Waals surface area contributed by atoms with Crippen LogP contribution in [0.1, 0.15) is 30.4 Å². The van der Waals surface area contributed by atoms with Gasteiger partial charge in [0.2, 0.25) is 10.0 Å². The van der Waals surface area contributed by atoms with Crippen molar-refractivity contribution in [2.45, 2.75) is 38.8 Å². The van der Waals surface area contributed by atoms with Gasteiger partial charge in [-0.2, -0.15) is 4.31 Å². The molecular formula is C15H23N3O2S. The number of aromatic nitrogens is 1. The fraction of sp³-hybridized carbons (Fsp3) is 0.667. The van der Waals surface area contributed by atoms with Crippen molar-refractivity contribution in [3.05, 3.63) is 29.6 Å². The van der Waals surface area contributed by atoms with Gasteiger partial charge < -0.3 is 0 Å². The maximum absolute atomic E-state index is 12.0. The Morgan fingerprint density at radius 2 is 2.00 bits per heavy atom. The van der Waals surface area contributed by atoms with E-state index in [9.17, 15) is 8.42 Å². The van der Waals surface area contributed by atoms with Crippen molar-refractivity contribution in [2.75, 3.05) is 25.4 Å². The van der Waals surface area contributed by atoms with Gasteiger partial charge in [0.05, 0.1) is 5.75 Å². The number of nitrogens with zero attached hydrogens (tertiary/aromatic N) is 3. The van der Waals surface area contributed by atoms with Gasteiger partial charge in [0, 0.05) is 44.6 Å². The van der Waals surface area contributed by atoms with Gasteiger partial charge in [-0.15, -0.1) is 0 Å². The Labute approximate surface area is 127 Å². The second kappa shape index (κ2) is 6.02. The third-order valence-electron chi connectivity index (χ3n) is 4.44. The molecule has 116 valence electrons. The van der Waals surface area contributed by atoms with Crippen LogP contribution in [0.5, 0.6) is 0 Å². The first-order chi connectivity index (χ1) is 10.0. The summed E-state index contributed by atoms with van der Waals surface area (Å²) in [6, 6.07) is 2.38. The smallest absolute Gasteiger partial charge is 0.214 e. The molecule has 2 saturated heterocycles. The molecule has 0 amide bonds. The Bertz CT molecular complexity index is 595. The van der Waals surface area contributed by atoms with Crippen LogP contribution < -0.4 is 0 Å². The zero-order valence-corrected chi connectivity index (χ0v) is 13.3. The van der Waals surface area contributed by atoms with E-state index in [1.165, 1.54) is 11.1 Å². The van der Waals surface area contributed by atoms with Gasteiger partial charge in [-0.1, -0.05) is 6.07 Å². The second-order valence-corrected chi connectivity index (χ2v) is 8.20. The van der Waals surface area contributed by atoms with E-state index in [-0.39, 0.29) is 6.04 Å². The topological polar surface area (TPSA) is 53.5 Å². The highest BCUT2D eigenvalue weighted by Gasteiger charge is 2.35. The molecule has 0 aliphatic carbocycles. The summed E-state index contributed by atoms with van der Waals surface area (Å²) in [5.74, 6) is 0.335. The average Bonchev–Trinajstić information content (AvgIpc) is 2.79. The molecule has 2 fully saturated rings. The number of aryl methyl sites for hydroxylation is 1. The Balaban J connectivity index is 1.56. The fourth-order valence-electron chi connectivity index (χ4n) is 3.40. The van der Waals surface area contributed by atoms with E-state index < -0.39 is 10.0 Å². The number of hydrogen-bond acceptors (Lipinski definition) is 4. The zero-order valence-electron chi connectivity index (χ0n) is 12.5. The summed E-state index contributed by atoms with van der Waals surface area (Å²) >= 11 is 0. The monoisotopic (exact) mass is 309 g/mol. The van der Waals surface area contributed by atoms with E-state index in [0.29, 0.717) is 5.75 Å². The first kappa shape index (κ1) is 14.9. The number of piperidine rings is 1. The largest absolute Gasteiger partial charge is 0.299 e. The first-order valence-electron chi connectivity index (χ1n) is 7.67. The normalized spacial score (nSPS) is 24.4. The molecule has 0 atom stereocenters. The SMILES string of the molecule is Cc1cncc(CN2CCC(N3CCCS3(=O)=O)CC2)c1. The molecule has 2 aliphatic rings. The van der Waals surface area contributed by atoms with Crippen LogP contribution in [0.2, 0.25) is 0 Å². The molecule has 0 saturated carbocycles. The maximum atomic E-state index is 12.0. The van der Waals surface area contributed by atoms with Crippen LogP contribution in [0.15, 0.2) is 18.5 Å². The van der Waals surface area contributed by atoms with Crippen molar-refractivity contribution in [3.8, 4) is 0 Å². The van der Waals surface area contributed by atoms with Gasteiger partial charge in [-0.25, -0.2) is 8.42 Å². The number of sulfonamides is 1. The fourth-order valence-corrected chi connectivity index (χ4v) is 5.20. The summed E-state index contributed by atoms with van der Waals surface area (Å²) in [5.41, 5.74) is 2.42. The minimum Gasteiger partial charge on any atom is -0.299 e. The second-order valence-electron chi connectivity index (χ2n) is 6.16. The number of likely N-dealkylation sites (tertiary alicyclic amines) is 1. The van der Waals surface area contributed by atoms with Gasteiger partial charge in [0.1, 0.15) is 0 Å². The molecule has 21 heavy (non-hydrogen) atoms. The molecule has 0 spiro atoms. The van der Waals surface area contributed by atoms with Crippen LogP contribution in [0.25, 0.3) is 0 Å². The van der Waals surface area contributed by atoms with E-state index in [4.69, 9.17) is 0 Å². The molecule has 6 heteroatoms. The van der Waals surface area contributed by atoms with Crippen LogP contribution in [0, 0.1) is 6.92 Å². The number of hydrogen-bond donors (Lipinski definition) is 0. The number of pyridine rings is 1. The Morgan fingerprint density at radius 3 is 2.62 bits per heavy atom. The van der Waals surface area contributed by atoms with Crippen molar-refractivity contribution in [1.29, 1.82) is 0 Å². The Kier molecular flexibility index (Phi) is 4.28. The molecule has 5 nitrogen and oxygen atoms in total. The molecule has 3 heterocycles. The lowest BCUT2D eigenvalue weighted by Crippen LogP contribution is -2.45. The van der Waals surface area contributed by atoms with Crippen molar-refractivity contribution in [2.24, 2.45) is 0 Å². The molecular weight excluding hydrogens is 286 g/mol. The molecule has 0 unspecified atom stereocenters. The molecule has 0 radical (unpaired) electrons. The average molecular weight is 309 g/mol. The lowest BCUT2D eigenvalue weighted by Gasteiger charge is -2.35. The highest BCUT2D eigenvalue weighted by molar-refractivity contribution is 7.89. The summed E-state index contributed by atoms with van der Waals surface area (Å²) in [6.07, 6.45) is 6.46. The van der Waals surface area contributed by atoms with Gasteiger partial charge in [-0.3, -0.25) is 9.88 Å². The summed E-state index contributed by atoms with van der Waals surface area (Å²) in [6.45, 7) is 5.61. The standard InChI is InChI=1S/C15H23N3O2S/c1-13-9-14(11-16-10-13)12-17-6-3-15(4-7-17)18-5-2-8-21(18,19)20/h9-11,15H,2-8,12H2,1H3. The van der Waals surface area contributed by atoms with Crippen LogP contribution in [-0.4, -0.2) is 54.0 Å². The zero-order chi connectivity index (χ0) is 14.9. The summed E-state index contributed by atoms with van der Waals surface area (Å²) < 4.78 is 25.7. The molecule has 0 bridgehead atoms. The predicted molar refractivity (Wildman–Crippen MR) is 82.4 cm³/mol. The van der Waals surface area contributed by atoms with E-state index in [0.717, 1.165) is 45.4 Å². The van der Waals surface area contributed by atoms with E-state index in [1.54, 1.807) is 4.31 Å². The van der Waals surface area contributed by atoms with Crippen molar-refractivity contribution in [3.63, 3.8) is 0 Å². The highest BCUT2D eigenvalue weighted by atomic mass is 32.2. The third kappa shape index (κ3) is 3.44. The van der Waals surface area contributed by atoms with Gasteiger partial charge in [-0.05, 0) is 37.3 Å². The van der Waals surface area contributed by atoms with Crippen LogP contribution in [0.3, 0.4) is 0 Å². The van der Waals surface area contributed by atoms with Gasteiger partial charge >= 0.3 is 0 Å². The van der Waals surface area contributed by atoms with E-state index in [2.05, 4.69) is 22.9 Å². The molecule has 0 N–H and O–H groups in total. The molecule has 0 aromatic carbocycles. The third-order valence-corrected chi connectivity index (χ3v) is 6.44. The Morgan fingerprint density at radius 1 is 1.24 bits per heavy atom.